The molecule has 2 aromatic carbocycles. The molecule has 1 atom stereocenters. The van der Waals surface area contributed by atoms with Crippen molar-refractivity contribution in [1.29, 1.82) is 0 Å². The summed E-state index contributed by atoms with van der Waals surface area (Å²) in [6.07, 6.45) is -0.172. The predicted molar refractivity (Wildman–Crippen MR) is 91.9 cm³/mol. The first kappa shape index (κ1) is 17.5. The van der Waals surface area contributed by atoms with Crippen molar-refractivity contribution in [3.05, 3.63) is 60.2 Å². The highest BCUT2D eigenvalue weighted by atomic mass is 16.5. The molecule has 0 unspecified atom stereocenters. The first-order valence-electron chi connectivity index (χ1n) is 7.77. The second-order valence-corrected chi connectivity index (χ2v) is 5.30. The number of anilines is 1. The molecule has 0 spiro atoms. The van der Waals surface area contributed by atoms with Crippen LogP contribution in [0.15, 0.2) is 54.6 Å². The summed E-state index contributed by atoms with van der Waals surface area (Å²) in [7, 11) is 1.59. The Bertz CT molecular complexity index is 685. The van der Waals surface area contributed by atoms with Crippen molar-refractivity contribution >= 4 is 17.6 Å². The van der Waals surface area contributed by atoms with Gasteiger partial charge < -0.3 is 14.8 Å². The van der Waals surface area contributed by atoms with Crippen LogP contribution in [0.1, 0.15) is 18.9 Å². The molecule has 0 aromatic heterocycles. The fourth-order valence-electron chi connectivity index (χ4n) is 2.22. The van der Waals surface area contributed by atoms with Crippen LogP contribution in [0.2, 0.25) is 0 Å². The molecule has 0 saturated carbocycles. The third-order valence-electron chi connectivity index (χ3n) is 3.51. The Hall–Kier alpha value is -2.82. The number of methoxy groups -OCH3 is 1. The van der Waals surface area contributed by atoms with Crippen LogP contribution in [0, 0.1) is 0 Å². The first-order valence-corrected chi connectivity index (χ1v) is 7.77. The highest BCUT2D eigenvalue weighted by molar-refractivity contribution is 5.95. The van der Waals surface area contributed by atoms with E-state index in [1.54, 1.807) is 26.2 Å². The van der Waals surface area contributed by atoms with Gasteiger partial charge in [-0.05, 0) is 37.1 Å². The molecule has 0 aliphatic heterocycles. The van der Waals surface area contributed by atoms with Gasteiger partial charge in [0.2, 0.25) is 0 Å². The topological polar surface area (TPSA) is 64.6 Å². The predicted octanol–water partition coefficient (Wildman–Crippen LogP) is 3.20. The molecule has 0 radical (unpaired) electrons. The van der Waals surface area contributed by atoms with Crippen LogP contribution in [0.3, 0.4) is 0 Å². The lowest BCUT2D eigenvalue weighted by Gasteiger charge is -2.14. The highest BCUT2D eigenvalue weighted by Gasteiger charge is 2.18. The van der Waals surface area contributed by atoms with Crippen molar-refractivity contribution in [2.24, 2.45) is 0 Å². The quantitative estimate of drug-likeness (QED) is 0.793. The minimum atomic E-state index is -0.852. The monoisotopic (exact) mass is 327 g/mol. The number of benzene rings is 2. The summed E-state index contributed by atoms with van der Waals surface area (Å²) in [5, 5.41) is 2.70. The van der Waals surface area contributed by atoms with Gasteiger partial charge in [0.15, 0.2) is 6.10 Å². The largest absolute Gasteiger partial charge is 0.496 e. The van der Waals surface area contributed by atoms with E-state index < -0.39 is 12.1 Å². The van der Waals surface area contributed by atoms with Gasteiger partial charge in [0.1, 0.15) is 5.75 Å². The van der Waals surface area contributed by atoms with E-state index in [4.69, 9.17) is 9.47 Å². The van der Waals surface area contributed by atoms with Crippen molar-refractivity contribution in [1.82, 2.24) is 0 Å². The highest BCUT2D eigenvalue weighted by Crippen LogP contribution is 2.19. The second-order valence-electron chi connectivity index (χ2n) is 5.30. The van der Waals surface area contributed by atoms with E-state index in [0.717, 1.165) is 11.3 Å². The molecule has 1 amide bonds. The molecule has 0 saturated heterocycles. The van der Waals surface area contributed by atoms with Crippen molar-refractivity contribution in [2.75, 3.05) is 12.4 Å². The number of carbonyl (C=O) groups is 2. The van der Waals surface area contributed by atoms with Crippen LogP contribution in [-0.4, -0.2) is 25.1 Å². The van der Waals surface area contributed by atoms with Gasteiger partial charge in [-0.15, -0.1) is 0 Å². The summed E-state index contributed by atoms with van der Waals surface area (Å²) >= 11 is 0. The SMILES string of the molecule is COc1ccccc1CCC(=O)O[C@@H](C)C(=O)Nc1ccccc1. The molecule has 24 heavy (non-hydrogen) atoms. The van der Waals surface area contributed by atoms with Gasteiger partial charge in [-0.25, -0.2) is 0 Å². The summed E-state index contributed by atoms with van der Waals surface area (Å²) in [6, 6.07) is 16.5. The van der Waals surface area contributed by atoms with E-state index in [2.05, 4.69) is 5.32 Å². The maximum absolute atomic E-state index is 12.0. The molecule has 0 aliphatic carbocycles. The van der Waals surface area contributed by atoms with Gasteiger partial charge in [0.25, 0.3) is 5.91 Å². The first-order chi connectivity index (χ1) is 11.6. The van der Waals surface area contributed by atoms with E-state index in [9.17, 15) is 9.59 Å². The lowest BCUT2D eigenvalue weighted by molar-refractivity contribution is -0.153. The van der Waals surface area contributed by atoms with E-state index in [1.165, 1.54) is 0 Å². The molecule has 0 aliphatic rings. The Morgan fingerprint density at radius 1 is 1.04 bits per heavy atom. The average molecular weight is 327 g/mol. The minimum Gasteiger partial charge on any atom is -0.496 e. The van der Waals surface area contributed by atoms with Gasteiger partial charge in [0.05, 0.1) is 7.11 Å². The summed E-state index contributed by atoms with van der Waals surface area (Å²) < 4.78 is 10.4. The van der Waals surface area contributed by atoms with Gasteiger partial charge >= 0.3 is 5.97 Å². The summed E-state index contributed by atoms with van der Waals surface area (Å²) in [5.41, 5.74) is 1.60. The van der Waals surface area contributed by atoms with Crippen molar-refractivity contribution < 1.29 is 19.1 Å². The number of amides is 1. The number of nitrogens with one attached hydrogen (secondary N) is 1. The minimum absolute atomic E-state index is 0.184. The lowest BCUT2D eigenvalue weighted by atomic mass is 10.1. The molecule has 0 heterocycles. The van der Waals surface area contributed by atoms with Crippen LogP contribution in [0.5, 0.6) is 5.75 Å². The molecule has 5 heteroatoms. The van der Waals surface area contributed by atoms with Crippen LogP contribution in [0.4, 0.5) is 5.69 Å². The Labute approximate surface area is 141 Å². The van der Waals surface area contributed by atoms with Crippen LogP contribution < -0.4 is 10.1 Å². The molecule has 2 aromatic rings. The number of hydrogen-bond donors (Lipinski definition) is 1. The lowest BCUT2D eigenvalue weighted by Crippen LogP contribution is -2.30. The number of para-hydroxylation sites is 2. The Balaban J connectivity index is 1.82. The van der Waals surface area contributed by atoms with E-state index in [0.29, 0.717) is 12.1 Å². The number of aryl methyl sites for hydroxylation is 1. The second kappa shape index (κ2) is 8.72. The number of rotatable bonds is 7. The number of carbonyl (C=O) groups excluding carboxylic acids is 2. The van der Waals surface area contributed by atoms with Crippen LogP contribution in [0.25, 0.3) is 0 Å². The fourth-order valence-corrected chi connectivity index (χ4v) is 2.22. The third-order valence-corrected chi connectivity index (χ3v) is 3.51. The Kier molecular flexibility index (Phi) is 6.37. The average Bonchev–Trinajstić information content (AvgIpc) is 2.61. The fraction of sp³-hybridized carbons (Fsp3) is 0.263. The van der Waals surface area contributed by atoms with Gasteiger partial charge in [0, 0.05) is 12.1 Å². The van der Waals surface area contributed by atoms with E-state index in [1.807, 2.05) is 42.5 Å². The number of ether oxygens (including phenoxy) is 2. The third kappa shape index (κ3) is 5.12. The molecule has 1 N–H and O–H groups in total. The smallest absolute Gasteiger partial charge is 0.306 e. The van der Waals surface area contributed by atoms with Crippen molar-refractivity contribution in [3.8, 4) is 5.75 Å². The van der Waals surface area contributed by atoms with Crippen molar-refractivity contribution in [2.45, 2.75) is 25.9 Å². The molecule has 0 fully saturated rings. The zero-order valence-corrected chi connectivity index (χ0v) is 13.8. The van der Waals surface area contributed by atoms with Gasteiger partial charge in [-0.3, -0.25) is 9.59 Å². The Morgan fingerprint density at radius 3 is 2.42 bits per heavy atom. The maximum atomic E-state index is 12.0. The van der Waals surface area contributed by atoms with Crippen molar-refractivity contribution in [3.63, 3.8) is 0 Å². The number of hydrogen-bond acceptors (Lipinski definition) is 4. The van der Waals surface area contributed by atoms with E-state index in [-0.39, 0.29) is 12.3 Å². The normalized spacial score (nSPS) is 11.4. The van der Waals surface area contributed by atoms with E-state index >= 15 is 0 Å². The summed E-state index contributed by atoms with van der Waals surface area (Å²) in [4.78, 5) is 24.0. The molecule has 5 nitrogen and oxygen atoms in total. The van der Waals surface area contributed by atoms with Crippen LogP contribution >= 0.6 is 0 Å². The molecule has 2 rings (SSSR count). The molecule has 126 valence electrons. The van der Waals surface area contributed by atoms with Crippen LogP contribution in [-0.2, 0) is 20.7 Å². The standard InChI is InChI=1S/C19H21NO4/c1-14(19(22)20-16-9-4-3-5-10-16)24-18(21)13-12-15-8-6-7-11-17(15)23-2/h3-11,14H,12-13H2,1-2H3,(H,20,22)/t14-/m0/s1. The molecular formula is C19H21NO4. The Morgan fingerprint density at radius 2 is 1.71 bits per heavy atom. The molecule has 0 bridgehead atoms. The summed E-state index contributed by atoms with van der Waals surface area (Å²) in [6.45, 7) is 1.55. The summed E-state index contributed by atoms with van der Waals surface area (Å²) in [5.74, 6) is -0.0383. The zero-order chi connectivity index (χ0) is 17.4. The zero-order valence-electron chi connectivity index (χ0n) is 13.8. The van der Waals surface area contributed by atoms with Gasteiger partial charge in [-0.1, -0.05) is 36.4 Å². The number of esters is 1. The maximum Gasteiger partial charge on any atom is 0.306 e. The van der Waals surface area contributed by atoms with Gasteiger partial charge in [-0.2, -0.15) is 0 Å². The molecular weight excluding hydrogens is 306 g/mol.